The Labute approximate surface area is 176 Å². The number of ether oxygens (including phenoxy) is 1. The molecular formula is C18H28BrCl2N3O2. The second-order valence-electron chi connectivity index (χ2n) is 6.88. The minimum absolute atomic E-state index is 0. The Balaban J connectivity index is 0.00000169. The second-order valence-corrected chi connectivity index (χ2v) is 7.80. The molecule has 0 bridgehead atoms. The Morgan fingerprint density at radius 3 is 2.19 bits per heavy atom. The van der Waals surface area contributed by atoms with Crippen LogP contribution in [0.25, 0.3) is 0 Å². The van der Waals surface area contributed by atoms with E-state index in [0.717, 1.165) is 62.3 Å². The summed E-state index contributed by atoms with van der Waals surface area (Å²) in [5.41, 5.74) is 6.27. The fourth-order valence-electron chi connectivity index (χ4n) is 3.59. The lowest BCUT2D eigenvalue weighted by Gasteiger charge is -2.42. The molecule has 1 atom stereocenters. The molecular weight excluding hydrogens is 441 g/mol. The number of nitrogens with zero attached hydrogens (tertiary/aromatic N) is 2. The molecule has 0 spiro atoms. The van der Waals surface area contributed by atoms with Gasteiger partial charge < -0.3 is 15.4 Å². The number of carbonyl (C=O) groups is 1. The second kappa shape index (κ2) is 10.2. The largest absolute Gasteiger partial charge is 0.381 e. The third-order valence-corrected chi connectivity index (χ3v) is 5.73. The first-order valence-electron chi connectivity index (χ1n) is 8.64. The van der Waals surface area contributed by atoms with Gasteiger partial charge in [0.15, 0.2) is 0 Å². The topological polar surface area (TPSA) is 58.8 Å². The van der Waals surface area contributed by atoms with Crippen molar-refractivity contribution in [3.05, 3.63) is 34.3 Å². The molecule has 2 aliphatic rings. The number of benzene rings is 1. The molecule has 8 heteroatoms. The maximum atomic E-state index is 12.9. The van der Waals surface area contributed by atoms with Crippen LogP contribution < -0.4 is 5.73 Å². The summed E-state index contributed by atoms with van der Waals surface area (Å²) in [5, 5.41) is 0. The van der Waals surface area contributed by atoms with Crippen molar-refractivity contribution in [1.82, 2.24) is 9.80 Å². The van der Waals surface area contributed by atoms with E-state index in [2.05, 4.69) is 20.8 Å². The molecule has 3 rings (SSSR count). The van der Waals surface area contributed by atoms with Gasteiger partial charge >= 0.3 is 0 Å². The predicted molar refractivity (Wildman–Crippen MR) is 112 cm³/mol. The molecule has 1 aromatic carbocycles. The fourth-order valence-corrected chi connectivity index (χ4v) is 3.85. The quantitative estimate of drug-likeness (QED) is 0.740. The number of hydrogen-bond acceptors (Lipinski definition) is 4. The van der Waals surface area contributed by atoms with Crippen LogP contribution in [0.3, 0.4) is 0 Å². The molecule has 0 aromatic heterocycles. The van der Waals surface area contributed by atoms with E-state index in [-0.39, 0.29) is 30.7 Å². The van der Waals surface area contributed by atoms with Gasteiger partial charge in [0, 0.05) is 49.9 Å². The molecule has 148 valence electrons. The fraction of sp³-hybridized carbons (Fsp3) is 0.611. The van der Waals surface area contributed by atoms with Crippen LogP contribution in [0, 0.1) is 0 Å². The van der Waals surface area contributed by atoms with Gasteiger partial charge in [0.05, 0.1) is 0 Å². The molecule has 5 nitrogen and oxygen atoms in total. The maximum absolute atomic E-state index is 12.9. The smallest absolute Gasteiger partial charge is 0.247 e. The van der Waals surface area contributed by atoms with Crippen LogP contribution in [-0.4, -0.2) is 61.1 Å². The van der Waals surface area contributed by atoms with Gasteiger partial charge in [-0.2, -0.15) is 0 Å². The van der Waals surface area contributed by atoms with Gasteiger partial charge in [-0.3, -0.25) is 9.69 Å². The van der Waals surface area contributed by atoms with Crippen molar-refractivity contribution >= 4 is 46.7 Å². The van der Waals surface area contributed by atoms with Crippen molar-refractivity contribution in [2.24, 2.45) is 5.73 Å². The molecule has 2 saturated heterocycles. The average Bonchev–Trinajstić information content (AvgIpc) is 2.62. The zero-order chi connectivity index (χ0) is 17.2. The van der Waals surface area contributed by atoms with Crippen LogP contribution in [0.2, 0.25) is 0 Å². The molecule has 1 amide bonds. The zero-order valence-electron chi connectivity index (χ0n) is 15.0. The summed E-state index contributed by atoms with van der Waals surface area (Å²) < 4.78 is 6.43. The van der Waals surface area contributed by atoms with Crippen molar-refractivity contribution in [3.63, 3.8) is 0 Å². The molecule has 2 fully saturated rings. The van der Waals surface area contributed by atoms with E-state index in [1.165, 1.54) is 0 Å². The highest BCUT2D eigenvalue weighted by molar-refractivity contribution is 9.10. The van der Waals surface area contributed by atoms with E-state index in [4.69, 9.17) is 10.5 Å². The van der Waals surface area contributed by atoms with Crippen LogP contribution in [0.1, 0.15) is 25.3 Å². The van der Waals surface area contributed by atoms with Crippen molar-refractivity contribution in [3.8, 4) is 0 Å². The first-order chi connectivity index (χ1) is 11.5. The van der Waals surface area contributed by atoms with Crippen molar-refractivity contribution in [2.45, 2.75) is 31.3 Å². The van der Waals surface area contributed by atoms with Crippen molar-refractivity contribution in [1.29, 1.82) is 0 Å². The molecule has 2 aliphatic heterocycles. The Kier molecular flexibility index (Phi) is 9.33. The number of piperazine rings is 1. The number of rotatable bonds is 3. The maximum Gasteiger partial charge on any atom is 0.247 e. The van der Waals surface area contributed by atoms with E-state index in [1.807, 2.05) is 36.1 Å². The predicted octanol–water partition coefficient (Wildman–Crippen LogP) is 2.79. The van der Waals surface area contributed by atoms with Crippen LogP contribution in [0.5, 0.6) is 0 Å². The zero-order valence-corrected chi connectivity index (χ0v) is 18.2. The molecule has 2 N–H and O–H groups in total. The minimum Gasteiger partial charge on any atom is -0.381 e. The van der Waals surface area contributed by atoms with Crippen molar-refractivity contribution < 1.29 is 9.53 Å². The van der Waals surface area contributed by atoms with Gasteiger partial charge in [0.25, 0.3) is 0 Å². The Hall–Kier alpha value is -0.370. The number of hydrogen-bond donors (Lipinski definition) is 1. The third-order valence-electron chi connectivity index (χ3n) is 5.20. The van der Waals surface area contributed by atoms with Gasteiger partial charge in [-0.1, -0.05) is 28.1 Å². The van der Waals surface area contributed by atoms with Gasteiger partial charge in [-0.05, 0) is 37.5 Å². The number of nitrogens with two attached hydrogens (primary N) is 1. The van der Waals surface area contributed by atoms with Gasteiger partial charge in [0.2, 0.25) is 5.91 Å². The van der Waals surface area contributed by atoms with Gasteiger partial charge in [-0.15, -0.1) is 24.8 Å². The average molecular weight is 469 g/mol. The number of carbonyl (C=O) groups excluding carboxylic acids is 1. The van der Waals surface area contributed by atoms with Crippen LogP contribution in [0.4, 0.5) is 0 Å². The van der Waals surface area contributed by atoms with Crippen molar-refractivity contribution in [2.75, 3.05) is 39.4 Å². The van der Waals surface area contributed by atoms with E-state index in [9.17, 15) is 4.79 Å². The van der Waals surface area contributed by atoms with E-state index < -0.39 is 5.54 Å². The Morgan fingerprint density at radius 2 is 1.65 bits per heavy atom. The highest BCUT2D eigenvalue weighted by Gasteiger charge is 2.36. The lowest BCUT2D eigenvalue weighted by molar-refractivity contribution is -0.139. The monoisotopic (exact) mass is 467 g/mol. The summed E-state index contributed by atoms with van der Waals surface area (Å²) in [6, 6.07) is 8.29. The lowest BCUT2D eigenvalue weighted by Crippen LogP contribution is -2.58. The minimum atomic E-state index is -0.985. The van der Waals surface area contributed by atoms with Gasteiger partial charge in [-0.25, -0.2) is 0 Å². The normalized spacial score (nSPS) is 21.3. The summed E-state index contributed by atoms with van der Waals surface area (Å²) in [6.07, 6.45) is 2.20. The summed E-state index contributed by atoms with van der Waals surface area (Å²) in [7, 11) is 0. The molecule has 0 radical (unpaired) electrons. The number of amides is 1. The molecule has 0 aliphatic carbocycles. The van der Waals surface area contributed by atoms with Crippen LogP contribution >= 0.6 is 40.7 Å². The highest BCUT2D eigenvalue weighted by atomic mass is 79.9. The summed E-state index contributed by atoms with van der Waals surface area (Å²) >= 11 is 3.42. The van der Waals surface area contributed by atoms with E-state index >= 15 is 0 Å². The first kappa shape index (κ1) is 23.7. The third kappa shape index (κ3) is 5.33. The van der Waals surface area contributed by atoms with Crippen LogP contribution in [0.15, 0.2) is 28.7 Å². The first-order valence-corrected chi connectivity index (χ1v) is 9.44. The SMILES string of the molecule is CC(N)(C(=O)N1CCN(C2CCOCC2)CC1)c1ccc(Br)cc1.Cl.Cl. The van der Waals surface area contributed by atoms with Gasteiger partial charge in [0.1, 0.15) is 5.54 Å². The molecule has 0 saturated carbocycles. The number of halogens is 3. The summed E-state index contributed by atoms with van der Waals surface area (Å²) in [4.78, 5) is 17.4. The Morgan fingerprint density at radius 1 is 1.12 bits per heavy atom. The molecule has 2 heterocycles. The van der Waals surface area contributed by atoms with E-state index in [1.54, 1.807) is 0 Å². The molecule has 1 unspecified atom stereocenters. The highest BCUT2D eigenvalue weighted by Crippen LogP contribution is 2.24. The van der Waals surface area contributed by atoms with Crippen LogP contribution in [-0.2, 0) is 15.1 Å². The summed E-state index contributed by atoms with van der Waals surface area (Å²) in [6.45, 7) is 6.87. The molecule has 26 heavy (non-hydrogen) atoms. The standard InChI is InChI=1S/C18H26BrN3O2.2ClH/c1-18(20,14-2-4-15(19)5-3-14)17(23)22-10-8-21(9-11-22)16-6-12-24-13-7-16;;/h2-5,16H,6-13,20H2,1H3;2*1H. The van der Waals surface area contributed by atoms with E-state index in [0.29, 0.717) is 6.04 Å². The lowest BCUT2D eigenvalue weighted by atomic mass is 9.91. The Bertz CT molecular complexity index is 572. The molecule has 1 aromatic rings. The summed E-state index contributed by atoms with van der Waals surface area (Å²) in [5.74, 6) is 0.0106.